The highest BCUT2D eigenvalue weighted by Gasteiger charge is 2.09. The molecule has 1 aromatic heterocycles. The summed E-state index contributed by atoms with van der Waals surface area (Å²) in [6.07, 6.45) is 5.92. The maximum atomic E-state index is 4.83. The van der Waals surface area contributed by atoms with Gasteiger partial charge in [0.2, 0.25) is 0 Å². The van der Waals surface area contributed by atoms with Crippen molar-refractivity contribution in [1.82, 2.24) is 25.0 Å². The van der Waals surface area contributed by atoms with E-state index in [0.29, 0.717) is 0 Å². The average Bonchev–Trinajstić information content (AvgIpc) is 3.13. The molecule has 1 aromatic carbocycles. The molecule has 0 radical (unpaired) electrons. The van der Waals surface area contributed by atoms with Crippen LogP contribution in [0.25, 0.3) is 0 Å². The van der Waals surface area contributed by atoms with Crippen LogP contribution >= 0.6 is 35.7 Å². The minimum absolute atomic E-state index is 0. The monoisotopic (exact) mass is 516 g/mol. The Morgan fingerprint density at radius 3 is 2.82 bits per heavy atom. The molecule has 0 aliphatic rings. The quantitative estimate of drug-likeness (QED) is 0.226. The molecule has 6 nitrogen and oxygen atoms in total. The van der Waals surface area contributed by atoms with E-state index in [9.17, 15) is 0 Å². The fourth-order valence-corrected chi connectivity index (χ4v) is 3.27. The summed E-state index contributed by atoms with van der Waals surface area (Å²) in [5, 5.41) is 11.7. The fourth-order valence-electron chi connectivity index (χ4n) is 2.85. The standard InChI is InChI=1S/C20H32N6S.HI/c1-5-19-24-23-16-26(19)13-12-22-20(21-11-8-14-27-4)25(3)15-18-10-7-6-9-17(18)2;/h6-7,9-10,16H,5,8,11-15H2,1-4H3,(H,21,22);1H. The molecular formula is C20H33IN6S. The van der Waals surface area contributed by atoms with Crippen LogP contribution < -0.4 is 5.32 Å². The SMILES string of the molecule is CCc1nncn1CCNC(=NCCCSC)N(C)Cc1ccccc1C.I. The van der Waals surface area contributed by atoms with E-state index in [4.69, 9.17) is 4.99 Å². The first-order valence-electron chi connectivity index (χ1n) is 9.55. The molecular weight excluding hydrogens is 483 g/mol. The number of nitrogens with zero attached hydrogens (tertiary/aromatic N) is 5. The molecule has 0 bridgehead atoms. The number of aryl methyl sites for hydroxylation is 2. The second-order valence-electron chi connectivity index (χ2n) is 6.56. The third kappa shape index (κ3) is 7.98. The Kier molecular flexibility index (Phi) is 12.2. The third-order valence-corrected chi connectivity index (χ3v) is 5.14. The summed E-state index contributed by atoms with van der Waals surface area (Å²) >= 11 is 1.87. The molecule has 2 rings (SSSR count). The molecule has 0 amide bonds. The average molecular weight is 516 g/mol. The van der Waals surface area contributed by atoms with Gasteiger partial charge in [-0.25, -0.2) is 0 Å². The lowest BCUT2D eigenvalue weighted by Crippen LogP contribution is -2.40. The zero-order chi connectivity index (χ0) is 19.5. The topological polar surface area (TPSA) is 58.3 Å². The number of thioether (sulfide) groups is 1. The van der Waals surface area contributed by atoms with E-state index in [1.54, 1.807) is 6.33 Å². The third-order valence-electron chi connectivity index (χ3n) is 4.45. The van der Waals surface area contributed by atoms with Crippen LogP contribution in [0.2, 0.25) is 0 Å². The van der Waals surface area contributed by atoms with Gasteiger partial charge in [0.1, 0.15) is 12.2 Å². The molecule has 0 saturated heterocycles. The largest absolute Gasteiger partial charge is 0.354 e. The van der Waals surface area contributed by atoms with Gasteiger partial charge in [0.25, 0.3) is 0 Å². The van der Waals surface area contributed by atoms with Gasteiger partial charge in [-0.2, -0.15) is 11.8 Å². The predicted molar refractivity (Wildman–Crippen MR) is 131 cm³/mol. The van der Waals surface area contributed by atoms with Crippen LogP contribution in [-0.2, 0) is 19.5 Å². The van der Waals surface area contributed by atoms with E-state index in [1.165, 1.54) is 11.1 Å². The van der Waals surface area contributed by atoms with E-state index < -0.39 is 0 Å². The highest BCUT2D eigenvalue weighted by molar-refractivity contribution is 14.0. The summed E-state index contributed by atoms with van der Waals surface area (Å²) < 4.78 is 2.10. The molecule has 28 heavy (non-hydrogen) atoms. The van der Waals surface area contributed by atoms with E-state index in [0.717, 1.165) is 56.6 Å². The summed E-state index contributed by atoms with van der Waals surface area (Å²) in [5.41, 5.74) is 2.63. The minimum atomic E-state index is 0. The molecule has 0 aliphatic carbocycles. The first kappa shape index (κ1) is 24.7. The van der Waals surface area contributed by atoms with Gasteiger partial charge in [-0.15, -0.1) is 34.2 Å². The van der Waals surface area contributed by atoms with Gasteiger partial charge in [0.15, 0.2) is 5.96 Å². The van der Waals surface area contributed by atoms with Crippen LogP contribution in [-0.4, -0.2) is 57.8 Å². The Morgan fingerprint density at radius 1 is 1.32 bits per heavy atom. The number of aromatic nitrogens is 3. The molecule has 1 N–H and O–H groups in total. The van der Waals surface area contributed by atoms with Crippen LogP contribution in [0.15, 0.2) is 35.6 Å². The molecule has 8 heteroatoms. The van der Waals surface area contributed by atoms with Crippen molar-refractivity contribution in [2.24, 2.45) is 4.99 Å². The van der Waals surface area contributed by atoms with Crippen LogP contribution in [0, 0.1) is 6.92 Å². The Bertz CT molecular complexity index is 718. The summed E-state index contributed by atoms with van der Waals surface area (Å²) in [4.78, 5) is 7.03. The Morgan fingerprint density at radius 2 is 2.11 bits per heavy atom. The highest BCUT2D eigenvalue weighted by atomic mass is 127. The number of rotatable bonds is 10. The van der Waals surface area contributed by atoms with Gasteiger partial charge >= 0.3 is 0 Å². The van der Waals surface area contributed by atoms with Crippen molar-refractivity contribution in [3.63, 3.8) is 0 Å². The first-order chi connectivity index (χ1) is 13.2. The second kappa shape index (κ2) is 13.8. The van der Waals surface area contributed by atoms with Crippen molar-refractivity contribution in [2.75, 3.05) is 32.1 Å². The van der Waals surface area contributed by atoms with E-state index in [1.807, 2.05) is 11.8 Å². The Balaban J connectivity index is 0.00000392. The van der Waals surface area contributed by atoms with Crippen LogP contribution in [0.3, 0.4) is 0 Å². The van der Waals surface area contributed by atoms with Crippen LogP contribution in [0.1, 0.15) is 30.3 Å². The van der Waals surface area contributed by atoms with Gasteiger partial charge in [0.05, 0.1) is 0 Å². The summed E-state index contributed by atoms with van der Waals surface area (Å²) in [5.74, 6) is 3.10. The van der Waals surface area contributed by atoms with Gasteiger partial charge in [0, 0.05) is 39.6 Å². The smallest absolute Gasteiger partial charge is 0.194 e. The number of halogens is 1. The lowest BCUT2D eigenvalue weighted by Gasteiger charge is -2.23. The van der Waals surface area contributed by atoms with Crippen LogP contribution in [0.4, 0.5) is 0 Å². The predicted octanol–water partition coefficient (Wildman–Crippen LogP) is 3.60. The zero-order valence-electron chi connectivity index (χ0n) is 17.4. The molecule has 0 spiro atoms. The van der Waals surface area contributed by atoms with E-state index >= 15 is 0 Å². The normalized spacial score (nSPS) is 11.2. The fraction of sp³-hybridized carbons (Fsp3) is 0.550. The lowest BCUT2D eigenvalue weighted by atomic mass is 10.1. The van der Waals surface area contributed by atoms with E-state index in [2.05, 4.69) is 76.4 Å². The van der Waals surface area contributed by atoms with Crippen molar-refractivity contribution in [2.45, 2.75) is 39.8 Å². The van der Waals surface area contributed by atoms with Crippen LogP contribution in [0.5, 0.6) is 0 Å². The number of nitrogens with one attached hydrogen (secondary N) is 1. The van der Waals surface area contributed by atoms with Gasteiger partial charge in [-0.3, -0.25) is 4.99 Å². The number of aliphatic imine (C=N–C) groups is 1. The molecule has 0 aliphatic heterocycles. The number of benzene rings is 1. The molecule has 0 unspecified atom stereocenters. The van der Waals surface area contributed by atoms with Gasteiger partial charge in [-0.1, -0.05) is 31.2 Å². The lowest BCUT2D eigenvalue weighted by molar-refractivity contribution is 0.469. The van der Waals surface area contributed by atoms with Crippen molar-refractivity contribution >= 4 is 41.7 Å². The second-order valence-corrected chi connectivity index (χ2v) is 7.54. The number of guanidine groups is 1. The van der Waals surface area contributed by atoms with Crippen molar-refractivity contribution in [1.29, 1.82) is 0 Å². The Labute approximate surface area is 190 Å². The Hall–Kier alpha value is -1.29. The zero-order valence-corrected chi connectivity index (χ0v) is 20.5. The summed E-state index contributed by atoms with van der Waals surface area (Å²) in [6, 6.07) is 8.52. The summed E-state index contributed by atoms with van der Waals surface area (Å²) in [6.45, 7) is 7.57. The number of hydrogen-bond acceptors (Lipinski definition) is 4. The molecule has 2 aromatic rings. The maximum absolute atomic E-state index is 4.83. The van der Waals surface area contributed by atoms with E-state index in [-0.39, 0.29) is 24.0 Å². The molecule has 0 fully saturated rings. The molecule has 0 atom stereocenters. The van der Waals surface area contributed by atoms with Gasteiger partial charge in [-0.05, 0) is 36.5 Å². The molecule has 0 saturated carbocycles. The van der Waals surface area contributed by atoms with Crippen molar-refractivity contribution in [3.05, 3.63) is 47.5 Å². The molecule has 1 heterocycles. The maximum Gasteiger partial charge on any atom is 0.194 e. The number of hydrogen-bond donors (Lipinski definition) is 1. The summed E-state index contributed by atoms with van der Waals surface area (Å²) in [7, 11) is 2.10. The van der Waals surface area contributed by atoms with Gasteiger partial charge < -0.3 is 14.8 Å². The minimum Gasteiger partial charge on any atom is -0.354 e. The van der Waals surface area contributed by atoms with Crippen molar-refractivity contribution < 1.29 is 0 Å². The molecule has 156 valence electrons. The first-order valence-corrected chi connectivity index (χ1v) is 10.9. The van der Waals surface area contributed by atoms with Crippen molar-refractivity contribution in [3.8, 4) is 0 Å². The highest BCUT2D eigenvalue weighted by Crippen LogP contribution is 2.09.